The van der Waals surface area contributed by atoms with E-state index in [0.29, 0.717) is 34.1 Å². The summed E-state index contributed by atoms with van der Waals surface area (Å²) in [6.07, 6.45) is -3.38. The SMILES string of the molecule is COc1ccc(C(C)C)c(N2C(=O)CS/C2=N\C(=O)NC(C#N)c2ccc(-c3ncn(-c4ccc(OC(F)(F)F)cc4)n3)cc2)c1. The molecule has 1 N–H and O–H groups in total. The summed E-state index contributed by atoms with van der Waals surface area (Å²) < 4.78 is 47.9. The Labute approximate surface area is 265 Å². The van der Waals surface area contributed by atoms with E-state index in [1.54, 1.807) is 36.4 Å². The Morgan fingerprint density at radius 3 is 2.41 bits per heavy atom. The quantitative estimate of drug-likeness (QED) is 0.233. The molecule has 3 amide bonds. The number of amides is 3. The second-order valence-electron chi connectivity index (χ2n) is 10.2. The Bertz CT molecular complexity index is 1820. The standard InChI is InChI=1S/C31H26F3N7O4S/c1-18(2)24-13-12-23(44-3)14-26(24)41-27(42)16-46-30(41)38-29(43)37-25(15-35)19-4-6-20(7-5-19)28-36-17-40(39-28)21-8-10-22(11-9-21)45-31(32,33)34/h4-14,17-18,25H,16H2,1-3H3,(H,37,43)/b38-30-. The number of nitriles is 1. The highest BCUT2D eigenvalue weighted by atomic mass is 32.2. The molecule has 46 heavy (non-hydrogen) atoms. The minimum atomic E-state index is -4.79. The fraction of sp³-hybridized carbons (Fsp3) is 0.226. The first-order valence-corrected chi connectivity index (χ1v) is 14.7. The van der Waals surface area contributed by atoms with Gasteiger partial charge in [0.05, 0.1) is 30.3 Å². The van der Waals surface area contributed by atoms with Crippen molar-refractivity contribution < 1.29 is 32.2 Å². The summed E-state index contributed by atoms with van der Waals surface area (Å²) in [5, 5.41) is 17.0. The van der Waals surface area contributed by atoms with Crippen LogP contribution >= 0.6 is 11.8 Å². The number of urea groups is 1. The van der Waals surface area contributed by atoms with E-state index < -0.39 is 18.4 Å². The number of methoxy groups -OCH3 is 1. The number of amidine groups is 1. The van der Waals surface area contributed by atoms with Crippen LogP contribution in [0.25, 0.3) is 17.1 Å². The van der Waals surface area contributed by atoms with Gasteiger partial charge < -0.3 is 14.8 Å². The van der Waals surface area contributed by atoms with Gasteiger partial charge in [-0.2, -0.15) is 10.3 Å². The van der Waals surface area contributed by atoms with Crippen molar-refractivity contribution in [3.63, 3.8) is 0 Å². The van der Waals surface area contributed by atoms with E-state index in [4.69, 9.17) is 4.74 Å². The number of carbonyl (C=O) groups excluding carboxylic acids is 2. The van der Waals surface area contributed by atoms with Gasteiger partial charge in [0.25, 0.3) is 0 Å². The summed E-state index contributed by atoms with van der Waals surface area (Å²) in [7, 11) is 1.53. The smallest absolute Gasteiger partial charge is 0.497 e. The maximum Gasteiger partial charge on any atom is 0.573 e. The van der Waals surface area contributed by atoms with Crippen LogP contribution in [-0.2, 0) is 4.79 Å². The fourth-order valence-electron chi connectivity index (χ4n) is 4.59. The number of carbonyl (C=O) groups is 2. The molecule has 0 bridgehead atoms. The van der Waals surface area contributed by atoms with E-state index in [2.05, 4.69) is 25.1 Å². The lowest BCUT2D eigenvalue weighted by Crippen LogP contribution is -2.33. The molecular weight excluding hydrogens is 623 g/mol. The molecule has 1 saturated heterocycles. The first kappa shape index (κ1) is 32.0. The van der Waals surface area contributed by atoms with Crippen LogP contribution in [0.3, 0.4) is 0 Å². The summed E-state index contributed by atoms with van der Waals surface area (Å²) in [6.45, 7) is 3.98. The second kappa shape index (κ2) is 13.3. The number of ether oxygens (including phenoxy) is 2. The highest BCUT2D eigenvalue weighted by Gasteiger charge is 2.33. The minimum Gasteiger partial charge on any atom is -0.497 e. The Hall–Kier alpha value is -5.36. The molecular formula is C31H26F3N7O4S. The van der Waals surface area contributed by atoms with Gasteiger partial charge in [-0.3, -0.25) is 9.69 Å². The first-order chi connectivity index (χ1) is 22.0. The van der Waals surface area contributed by atoms with Crippen molar-refractivity contribution in [1.82, 2.24) is 20.1 Å². The molecule has 0 aliphatic carbocycles. The van der Waals surface area contributed by atoms with Gasteiger partial charge in [-0.15, -0.1) is 18.3 Å². The number of nitrogens with one attached hydrogen (secondary N) is 1. The van der Waals surface area contributed by atoms with Crippen LogP contribution in [0.1, 0.15) is 36.9 Å². The van der Waals surface area contributed by atoms with Crippen LogP contribution < -0.4 is 19.7 Å². The maximum atomic E-state index is 13.0. The molecule has 236 valence electrons. The number of benzene rings is 3. The van der Waals surface area contributed by atoms with Gasteiger partial charge >= 0.3 is 12.4 Å². The number of hydrogen-bond acceptors (Lipinski definition) is 8. The summed E-state index contributed by atoms with van der Waals surface area (Å²) in [5.41, 5.74) is 2.99. The highest BCUT2D eigenvalue weighted by Crippen LogP contribution is 2.36. The number of nitrogens with zero attached hydrogens (tertiary/aromatic N) is 6. The molecule has 4 aromatic rings. The number of hydrogen-bond donors (Lipinski definition) is 1. The van der Waals surface area contributed by atoms with E-state index in [1.165, 1.54) is 47.3 Å². The molecule has 5 rings (SSSR count). The predicted molar refractivity (Wildman–Crippen MR) is 165 cm³/mol. The lowest BCUT2D eigenvalue weighted by atomic mass is 10.00. The van der Waals surface area contributed by atoms with Crippen LogP contribution in [0.5, 0.6) is 11.5 Å². The molecule has 3 aromatic carbocycles. The largest absolute Gasteiger partial charge is 0.573 e. The van der Waals surface area contributed by atoms with Gasteiger partial charge in [0.1, 0.15) is 23.9 Å². The summed E-state index contributed by atoms with van der Waals surface area (Å²) in [6, 6.07) is 17.4. The van der Waals surface area contributed by atoms with Gasteiger partial charge in [-0.25, -0.2) is 14.5 Å². The topological polar surface area (TPSA) is 135 Å². The highest BCUT2D eigenvalue weighted by molar-refractivity contribution is 8.15. The van der Waals surface area contributed by atoms with Crippen LogP contribution in [0, 0.1) is 11.3 Å². The van der Waals surface area contributed by atoms with Gasteiger partial charge in [0, 0.05) is 11.6 Å². The zero-order chi connectivity index (χ0) is 33.0. The predicted octanol–water partition coefficient (Wildman–Crippen LogP) is 6.38. The number of aromatic nitrogens is 3. The number of rotatable bonds is 8. The lowest BCUT2D eigenvalue weighted by molar-refractivity contribution is -0.274. The lowest BCUT2D eigenvalue weighted by Gasteiger charge is -2.22. The number of halogens is 3. The number of anilines is 1. The van der Waals surface area contributed by atoms with E-state index in [9.17, 15) is 28.0 Å². The van der Waals surface area contributed by atoms with E-state index in [1.807, 2.05) is 26.0 Å². The summed E-state index contributed by atoms with van der Waals surface area (Å²) in [5.74, 6) is 0.470. The minimum absolute atomic E-state index is 0.0811. The molecule has 1 aromatic heterocycles. The summed E-state index contributed by atoms with van der Waals surface area (Å²) in [4.78, 5) is 35.6. The van der Waals surface area contributed by atoms with Crippen molar-refractivity contribution in [3.05, 3.63) is 84.2 Å². The molecule has 1 aliphatic heterocycles. The molecule has 1 aliphatic rings. The number of thioether (sulfide) groups is 1. The van der Waals surface area contributed by atoms with Crippen molar-refractivity contribution in [3.8, 4) is 34.6 Å². The average Bonchev–Trinajstić information content (AvgIpc) is 3.66. The fourth-order valence-corrected chi connectivity index (χ4v) is 5.45. The van der Waals surface area contributed by atoms with Gasteiger partial charge in [0.15, 0.2) is 11.0 Å². The molecule has 0 saturated carbocycles. The molecule has 11 nitrogen and oxygen atoms in total. The number of alkyl halides is 3. The normalized spacial score (nSPS) is 14.8. The molecule has 1 atom stereocenters. The summed E-state index contributed by atoms with van der Waals surface area (Å²) >= 11 is 1.12. The van der Waals surface area contributed by atoms with Gasteiger partial charge in [-0.1, -0.05) is 55.9 Å². The van der Waals surface area contributed by atoms with E-state index in [0.717, 1.165) is 17.3 Å². The van der Waals surface area contributed by atoms with Crippen molar-refractivity contribution in [1.29, 1.82) is 5.26 Å². The van der Waals surface area contributed by atoms with Crippen molar-refractivity contribution >= 4 is 34.6 Å². The van der Waals surface area contributed by atoms with Crippen molar-refractivity contribution in [2.45, 2.75) is 32.2 Å². The Kier molecular flexibility index (Phi) is 9.28. The second-order valence-corrected chi connectivity index (χ2v) is 11.1. The van der Waals surface area contributed by atoms with Crippen LogP contribution in [-0.4, -0.2) is 51.1 Å². The molecule has 0 spiro atoms. The zero-order valence-electron chi connectivity index (χ0n) is 24.6. The van der Waals surface area contributed by atoms with Crippen LogP contribution in [0.2, 0.25) is 0 Å². The molecule has 0 radical (unpaired) electrons. The third-order valence-corrected chi connectivity index (χ3v) is 7.71. The zero-order valence-corrected chi connectivity index (χ0v) is 25.5. The molecule has 1 unspecified atom stereocenters. The van der Waals surface area contributed by atoms with E-state index in [-0.39, 0.29) is 28.5 Å². The van der Waals surface area contributed by atoms with Crippen LogP contribution in [0.4, 0.5) is 23.7 Å². The Morgan fingerprint density at radius 1 is 1.09 bits per heavy atom. The van der Waals surface area contributed by atoms with Gasteiger partial charge in [0.2, 0.25) is 5.91 Å². The van der Waals surface area contributed by atoms with E-state index >= 15 is 0 Å². The third-order valence-electron chi connectivity index (χ3n) is 6.79. The molecule has 15 heteroatoms. The Balaban J connectivity index is 1.29. The van der Waals surface area contributed by atoms with Gasteiger partial charge in [-0.05, 0) is 47.4 Å². The molecule has 1 fully saturated rings. The monoisotopic (exact) mass is 649 g/mol. The molecule has 2 heterocycles. The maximum absolute atomic E-state index is 13.0. The Morgan fingerprint density at radius 2 is 1.78 bits per heavy atom. The first-order valence-electron chi connectivity index (χ1n) is 13.8. The van der Waals surface area contributed by atoms with Crippen LogP contribution in [0.15, 0.2) is 78.0 Å². The van der Waals surface area contributed by atoms with Crippen molar-refractivity contribution in [2.24, 2.45) is 4.99 Å². The third kappa shape index (κ3) is 7.29. The average molecular weight is 650 g/mol. The van der Waals surface area contributed by atoms with Crippen molar-refractivity contribution in [2.75, 3.05) is 17.8 Å². The number of aliphatic imine (C=N–C) groups is 1.